The van der Waals surface area contributed by atoms with E-state index in [-0.39, 0.29) is 5.97 Å². The van der Waals surface area contributed by atoms with Gasteiger partial charge in [0, 0.05) is 12.6 Å². The minimum atomic E-state index is -0.300. The molecule has 0 unspecified atom stereocenters. The summed E-state index contributed by atoms with van der Waals surface area (Å²) in [5, 5.41) is 0. The van der Waals surface area contributed by atoms with E-state index in [2.05, 4.69) is 25.3 Å². The van der Waals surface area contributed by atoms with Crippen molar-refractivity contribution in [2.45, 2.75) is 149 Å². The number of rotatable bonds is 27. The van der Waals surface area contributed by atoms with Crippen molar-refractivity contribution in [2.75, 3.05) is 26.2 Å². The van der Waals surface area contributed by atoms with Crippen molar-refractivity contribution < 1.29 is 9.53 Å². The summed E-state index contributed by atoms with van der Waals surface area (Å²) in [7, 11) is 0. The Bertz CT molecular complexity index is 386. The fourth-order valence-corrected chi connectivity index (χ4v) is 4.50. The quantitative estimate of drug-likeness (QED) is 0.0687. The van der Waals surface area contributed by atoms with Gasteiger partial charge in [-0.25, -0.2) is 4.79 Å². The summed E-state index contributed by atoms with van der Waals surface area (Å²) >= 11 is 0. The van der Waals surface area contributed by atoms with Gasteiger partial charge in [-0.15, -0.1) is 0 Å². The van der Waals surface area contributed by atoms with Gasteiger partial charge in [-0.1, -0.05) is 136 Å². The van der Waals surface area contributed by atoms with Crippen LogP contribution in [0.2, 0.25) is 0 Å². The molecule has 0 spiro atoms. The molecule has 0 aromatic carbocycles. The molecule has 0 aromatic rings. The molecular formula is C30H59NO2. The maximum absolute atomic E-state index is 11.2. The minimum absolute atomic E-state index is 0.300. The highest BCUT2D eigenvalue weighted by Crippen LogP contribution is 2.13. The standard InChI is InChI=1S/C30H59NO2/c1-4-7-9-11-13-15-17-19-21-23-26-31(28-25-29-33-30(32)6-3)27-24-22-20-18-16-14-12-10-8-5-2/h6H,3-5,7-29H2,1-2H3. The van der Waals surface area contributed by atoms with Crippen LogP contribution in [0.25, 0.3) is 0 Å². The van der Waals surface area contributed by atoms with E-state index < -0.39 is 0 Å². The first-order chi connectivity index (χ1) is 16.2. The molecule has 0 atom stereocenters. The van der Waals surface area contributed by atoms with Gasteiger partial charge in [0.25, 0.3) is 0 Å². The fourth-order valence-electron chi connectivity index (χ4n) is 4.50. The summed E-state index contributed by atoms with van der Waals surface area (Å²) in [5.41, 5.74) is 0. The highest BCUT2D eigenvalue weighted by Gasteiger charge is 2.06. The number of esters is 1. The lowest BCUT2D eigenvalue weighted by Gasteiger charge is -2.22. The summed E-state index contributed by atoms with van der Waals surface area (Å²) in [4.78, 5) is 13.9. The first-order valence-corrected chi connectivity index (χ1v) is 14.8. The fraction of sp³-hybridized carbons (Fsp3) is 0.900. The van der Waals surface area contributed by atoms with E-state index in [1.807, 2.05) is 0 Å². The maximum Gasteiger partial charge on any atom is 0.330 e. The van der Waals surface area contributed by atoms with Crippen LogP contribution >= 0.6 is 0 Å². The predicted molar refractivity (Wildman–Crippen MR) is 146 cm³/mol. The van der Waals surface area contributed by atoms with Crippen LogP contribution in [0.4, 0.5) is 0 Å². The molecule has 0 N–H and O–H groups in total. The SMILES string of the molecule is C=CC(=O)OCCCN(CCCCCCCCCCCC)CCCCCCCCCCCC. The number of carbonyl (C=O) groups excluding carboxylic acids is 1. The van der Waals surface area contributed by atoms with Crippen LogP contribution in [0.5, 0.6) is 0 Å². The molecular weight excluding hydrogens is 406 g/mol. The number of carbonyl (C=O) groups is 1. The van der Waals surface area contributed by atoms with Gasteiger partial charge in [-0.3, -0.25) is 0 Å². The van der Waals surface area contributed by atoms with Gasteiger partial charge in [0.2, 0.25) is 0 Å². The highest BCUT2D eigenvalue weighted by molar-refractivity contribution is 5.81. The molecule has 0 bridgehead atoms. The Morgan fingerprint density at radius 1 is 0.576 bits per heavy atom. The van der Waals surface area contributed by atoms with Crippen LogP contribution in [0.1, 0.15) is 149 Å². The first-order valence-electron chi connectivity index (χ1n) is 14.8. The lowest BCUT2D eigenvalue weighted by molar-refractivity contribution is -0.137. The van der Waals surface area contributed by atoms with Crippen molar-refractivity contribution in [2.24, 2.45) is 0 Å². The normalized spacial score (nSPS) is 11.2. The van der Waals surface area contributed by atoms with Crippen LogP contribution < -0.4 is 0 Å². The van der Waals surface area contributed by atoms with E-state index in [0.717, 1.165) is 13.0 Å². The lowest BCUT2D eigenvalue weighted by atomic mass is 10.1. The number of unbranched alkanes of at least 4 members (excludes halogenated alkanes) is 18. The monoisotopic (exact) mass is 465 g/mol. The van der Waals surface area contributed by atoms with Gasteiger partial charge >= 0.3 is 5.97 Å². The van der Waals surface area contributed by atoms with Crippen molar-refractivity contribution in [3.8, 4) is 0 Å². The lowest BCUT2D eigenvalue weighted by Crippen LogP contribution is -2.28. The second kappa shape index (κ2) is 27.4. The Morgan fingerprint density at radius 2 is 0.909 bits per heavy atom. The average Bonchev–Trinajstić information content (AvgIpc) is 2.83. The van der Waals surface area contributed by atoms with Gasteiger partial charge in [0.05, 0.1) is 6.61 Å². The van der Waals surface area contributed by atoms with E-state index in [9.17, 15) is 4.79 Å². The molecule has 0 saturated carbocycles. The van der Waals surface area contributed by atoms with Gasteiger partial charge < -0.3 is 9.64 Å². The first kappa shape index (κ1) is 32.2. The number of nitrogens with zero attached hydrogens (tertiary/aromatic N) is 1. The van der Waals surface area contributed by atoms with Crippen LogP contribution in [0.15, 0.2) is 12.7 Å². The van der Waals surface area contributed by atoms with Gasteiger partial charge in [-0.2, -0.15) is 0 Å². The Labute approximate surface area is 208 Å². The predicted octanol–water partition coefficient (Wildman–Crippen LogP) is 9.25. The molecule has 3 nitrogen and oxygen atoms in total. The van der Waals surface area contributed by atoms with Gasteiger partial charge in [-0.05, 0) is 32.4 Å². The zero-order chi connectivity index (χ0) is 24.2. The molecule has 0 saturated heterocycles. The molecule has 0 aliphatic heterocycles. The van der Waals surface area contributed by atoms with Crippen LogP contribution in [0.3, 0.4) is 0 Å². The minimum Gasteiger partial charge on any atom is -0.462 e. The molecule has 0 aliphatic rings. The summed E-state index contributed by atoms with van der Waals surface area (Å²) < 4.78 is 5.17. The van der Waals surface area contributed by atoms with E-state index in [0.29, 0.717) is 6.61 Å². The van der Waals surface area contributed by atoms with E-state index >= 15 is 0 Å². The van der Waals surface area contributed by atoms with E-state index in [1.54, 1.807) is 0 Å². The van der Waals surface area contributed by atoms with Crippen molar-refractivity contribution in [3.63, 3.8) is 0 Å². The van der Waals surface area contributed by atoms with E-state index in [4.69, 9.17) is 4.74 Å². The zero-order valence-electron chi connectivity index (χ0n) is 22.7. The summed E-state index contributed by atoms with van der Waals surface area (Å²) in [5.74, 6) is -0.300. The largest absolute Gasteiger partial charge is 0.462 e. The number of ether oxygens (including phenoxy) is 1. The van der Waals surface area contributed by atoms with Crippen molar-refractivity contribution >= 4 is 5.97 Å². The molecule has 33 heavy (non-hydrogen) atoms. The second-order valence-corrected chi connectivity index (χ2v) is 9.93. The molecule has 0 amide bonds. The molecule has 0 aliphatic carbocycles. The zero-order valence-corrected chi connectivity index (χ0v) is 22.7. The Balaban J connectivity index is 3.85. The third-order valence-electron chi connectivity index (χ3n) is 6.69. The van der Waals surface area contributed by atoms with Crippen molar-refractivity contribution in [3.05, 3.63) is 12.7 Å². The Kier molecular flexibility index (Phi) is 26.7. The topological polar surface area (TPSA) is 29.5 Å². The molecule has 0 fully saturated rings. The van der Waals surface area contributed by atoms with Gasteiger partial charge in [0.15, 0.2) is 0 Å². The molecule has 196 valence electrons. The Hall–Kier alpha value is -0.830. The summed E-state index contributed by atoms with van der Waals surface area (Å²) in [6.45, 7) is 12.0. The smallest absolute Gasteiger partial charge is 0.330 e. The molecule has 0 rings (SSSR count). The van der Waals surface area contributed by atoms with Gasteiger partial charge in [0.1, 0.15) is 0 Å². The Morgan fingerprint density at radius 3 is 1.27 bits per heavy atom. The van der Waals surface area contributed by atoms with Crippen molar-refractivity contribution in [1.29, 1.82) is 0 Å². The maximum atomic E-state index is 11.2. The molecule has 0 heterocycles. The summed E-state index contributed by atoms with van der Waals surface area (Å²) in [6.07, 6.45) is 30.0. The van der Waals surface area contributed by atoms with E-state index in [1.165, 1.54) is 148 Å². The molecule has 0 aromatic heterocycles. The summed E-state index contributed by atoms with van der Waals surface area (Å²) in [6, 6.07) is 0. The second-order valence-electron chi connectivity index (χ2n) is 9.93. The molecule has 0 radical (unpaired) electrons. The van der Waals surface area contributed by atoms with Crippen LogP contribution in [-0.2, 0) is 9.53 Å². The number of hydrogen-bond acceptors (Lipinski definition) is 3. The third-order valence-corrected chi connectivity index (χ3v) is 6.69. The van der Waals surface area contributed by atoms with Crippen LogP contribution in [-0.4, -0.2) is 37.1 Å². The highest BCUT2D eigenvalue weighted by atomic mass is 16.5. The third kappa shape index (κ3) is 25.6. The molecule has 3 heteroatoms. The average molecular weight is 466 g/mol. The number of hydrogen-bond donors (Lipinski definition) is 0. The van der Waals surface area contributed by atoms with Crippen molar-refractivity contribution in [1.82, 2.24) is 4.90 Å². The van der Waals surface area contributed by atoms with Crippen LogP contribution in [0, 0.1) is 0 Å².